The van der Waals surface area contributed by atoms with Gasteiger partial charge in [0, 0.05) is 11.8 Å². The summed E-state index contributed by atoms with van der Waals surface area (Å²) in [5.74, 6) is -0.0292. The van der Waals surface area contributed by atoms with Crippen molar-refractivity contribution in [2.24, 2.45) is 0 Å². The average molecular weight is 341 g/mol. The molecule has 0 aliphatic heterocycles. The SMILES string of the molecule is CC(=O)NCc1ccc(C(=O)Cn2cnc3cc(C)c(C)cc32)s1. The normalized spacial score (nSPS) is 11.0. The van der Waals surface area contributed by atoms with E-state index in [1.165, 1.54) is 29.4 Å². The number of carbonyl (C=O) groups is 2. The molecule has 5 nitrogen and oxygen atoms in total. The number of rotatable bonds is 5. The molecular formula is C18H19N3O2S. The van der Waals surface area contributed by atoms with E-state index in [9.17, 15) is 9.59 Å². The fraction of sp³-hybridized carbons (Fsp3) is 0.278. The van der Waals surface area contributed by atoms with Gasteiger partial charge in [0.2, 0.25) is 5.91 Å². The molecule has 2 aromatic heterocycles. The van der Waals surface area contributed by atoms with Crippen molar-refractivity contribution in [3.8, 4) is 0 Å². The molecule has 124 valence electrons. The zero-order valence-electron chi connectivity index (χ0n) is 13.9. The predicted molar refractivity (Wildman–Crippen MR) is 95.4 cm³/mol. The number of aromatic nitrogens is 2. The maximum atomic E-state index is 12.5. The third-order valence-corrected chi connectivity index (χ3v) is 5.12. The molecule has 0 aliphatic carbocycles. The second kappa shape index (κ2) is 6.57. The van der Waals surface area contributed by atoms with Crippen molar-refractivity contribution >= 4 is 34.1 Å². The Hall–Kier alpha value is -2.47. The van der Waals surface area contributed by atoms with Crippen molar-refractivity contribution in [2.45, 2.75) is 33.9 Å². The topological polar surface area (TPSA) is 64.0 Å². The van der Waals surface area contributed by atoms with Gasteiger partial charge in [0.1, 0.15) is 0 Å². The van der Waals surface area contributed by atoms with Crippen molar-refractivity contribution in [3.63, 3.8) is 0 Å². The Morgan fingerprint density at radius 1 is 1.21 bits per heavy atom. The smallest absolute Gasteiger partial charge is 0.217 e. The first-order chi connectivity index (χ1) is 11.4. The van der Waals surface area contributed by atoms with Gasteiger partial charge < -0.3 is 9.88 Å². The number of hydrogen-bond acceptors (Lipinski definition) is 4. The first-order valence-electron chi connectivity index (χ1n) is 7.72. The van der Waals surface area contributed by atoms with Gasteiger partial charge in [-0.1, -0.05) is 0 Å². The van der Waals surface area contributed by atoms with E-state index >= 15 is 0 Å². The van der Waals surface area contributed by atoms with Crippen LogP contribution in [0.25, 0.3) is 11.0 Å². The lowest BCUT2D eigenvalue weighted by Gasteiger charge is -2.05. The van der Waals surface area contributed by atoms with Crippen LogP contribution in [0.3, 0.4) is 0 Å². The van der Waals surface area contributed by atoms with Crippen molar-refractivity contribution in [3.05, 3.63) is 51.5 Å². The van der Waals surface area contributed by atoms with Crippen LogP contribution in [-0.4, -0.2) is 21.2 Å². The van der Waals surface area contributed by atoms with Gasteiger partial charge in [0.05, 0.1) is 35.3 Å². The van der Waals surface area contributed by atoms with E-state index in [4.69, 9.17) is 0 Å². The van der Waals surface area contributed by atoms with Crippen LogP contribution >= 0.6 is 11.3 Å². The number of imidazole rings is 1. The Labute approximate surface area is 144 Å². The van der Waals surface area contributed by atoms with Gasteiger partial charge in [0.15, 0.2) is 5.78 Å². The van der Waals surface area contributed by atoms with E-state index in [1.807, 2.05) is 22.8 Å². The zero-order valence-corrected chi connectivity index (χ0v) is 14.7. The van der Waals surface area contributed by atoms with E-state index in [0.717, 1.165) is 15.9 Å². The van der Waals surface area contributed by atoms with E-state index < -0.39 is 0 Å². The molecule has 0 atom stereocenters. The lowest BCUT2D eigenvalue weighted by Crippen LogP contribution is -2.18. The summed E-state index contributed by atoms with van der Waals surface area (Å²) in [5.41, 5.74) is 4.26. The summed E-state index contributed by atoms with van der Waals surface area (Å²) in [5, 5.41) is 2.74. The Morgan fingerprint density at radius 2 is 1.96 bits per heavy atom. The Kier molecular flexibility index (Phi) is 4.49. The Morgan fingerprint density at radius 3 is 2.71 bits per heavy atom. The Balaban J connectivity index is 1.77. The van der Waals surface area contributed by atoms with Crippen LogP contribution in [0.5, 0.6) is 0 Å². The summed E-state index contributed by atoms with van der Waals surface area (Å²) >= 11 is 1.42. The van der Waals surface area contributed by atoms with Gasteiger partial charge >= 0.3 is 0 Å². The standard InChI is InChI=1S/C18H19N3O2S/c1-11-6-15-16(7-12(11)2)21(10-20-15)9-17(23)18-5-4-14(24-18)8-19-13(3)22/h4-7,10H,8-9H2,1-3H3,(H,19,22). The van der Waals surface area contributed by atoms with Gasteiger partial charge in [-0.25, -0.2) is 4.98 Å². The number of thiophene rings is 1. The quantitative estimate of drug-likeness (QED) is 0.725. The van der Waals surface area contributed by atoms with Gasteiger partial charge in [-0.15, -0.1) is 11.3 Å². The third kappa shape index (κ3) is 3.38. The summed E-state index contributed by atoms with van der Waals surface area (Å²) in [6, 6.07) is 7.82. The molecule has 6 heteroatoms. The highest BCUT2D eigenvalue weighted by Crippen LogP contribution is 2.21. The number of nitrogens with one attached hydrogen (secondary N) is 1. The van der Waals surface area contributed by atoms with Crippen LogP contribution in [-0.2, 0) is 17.9 Å². The molecule has 0 bridgehead atoms. The molecule has 1 amide bonds. The van der Waals surface area contributed by atoms with Gasteiger partial charge in [-0.2, -0.15) is 0 Å². The molecule has 0 radical (unpaired) electrons. The van der Waals surface area contributed by atoms with Crippen molar-refractivity contribution in [1.82, 2.24) is 14.9 Å². The molecule has 0 saturated heterocycles. The molecule has 1 N–H and O–H groups in total. The number of Topliss-reactive ketones (excluding diaryl/α,β-unsaturated/α-hetero) is 1. The molecule has 0 unspecified atom stereocenters. The number of fused-ring (bicyclic) bond motifs is 1. The number of nitrogens with zero attached hydrogens (tertiary/aromatic N) is 2. The number of carbonyl (C=O) groups excluding carboxylic acids is 2. The lowest BCUT2D eigenvalue weighted by molar-refractivity contribution is -0.119. The minimum Gasteiger partial charge on any atom is -0.351 e. The first-order valence-corrected chi connectivity index (χ1v) is 8.54. The van der Waals surface area contributed by atoms with Crippen LogP contribution < -0.4 is 5.32 Å². The zero-order chi connectivity index (χ0) is 17.3. The summed E-state index contributed by atoms with van der Waals surface area (Å²) < 4.78 is 1.89. The first kappa shape index (κ1) is 16.4. The monoisotopic (exact) mass is 341 g/mol. The highest BCUT2D eigenvalue weighted by molar-refractivity contribution is 7.14. The van der Waals surface area contributed by atoms with Crippen molar-refractivity contribution in [2.75, 3.05) is 0 Å². The second-order valence-corrected chi connectivity index (χ2v) is 7.06. The molecule has 2 heterocycles. The second-order valence-electron chi connectivity index (χ2n) is 5.90. The largest absolute Gasteiger partial charge is 0.351 e. The average Bonchev–Trinajstić information content (AvgIpc) is 3.14. The fourth-order valence-electron chi connectivity index (χ4n) is 2.51. The van der Waals surface area contributed by atoms with Gasteiger partial charge in [0.25, 0.3) is 0 Å². The highest BCUT2D eigenvalue weighted by atomic mass is 32.1. The molecule has 0 spiro atoms. The molecule has 3 rings (SSSR count). The molecule has 24 heavy (non-hydrogen) atoms. The van der Waals surface area contributed by atoms with Crippen LogP contribution in [0.15, 0.2) is 30.6 Å². The van der Waals surface area contributed by atoms with Gasteiger partial charge in [-0.05, 0) is 49.2 Å². The van der Waals surface area contributed by atoms with Gasteiger partial charge in [-0.3, -0.25) is 9.59 Å². The van der Waals surface area contributed by atoms with E-state index in [2.05, 4.69) is 30.2 Å². The number of benzene rings is 1. The predicted octanol–water partition coefficient (Wildman–Crippen LogP) is 3.23. The van der Waals surface area contributed by atoms with Crippen molar-refractivity contribution < 1.29 is 9.59 Å². The van der Waals surface area contributed by atoms with Crippen LogP contribution in [0.1, 0.15) is 32.6 Å². The lowest BCUT2D eigenvalue weighted by atomic mass is 10.1. The Bertz CT molecular complexity index is 924. The fourth-order valence-corrected chi connectivity index (χ4v) is 3.38. The number of aryl methyl sites for hydroxylation is 2. The minimum absolute atomic E-state index is 0.0478. The minimum atomic E-state index is -0.0770. The molecule has 0 fully saturated rings. The maximum Gasteiger partial charge on any atom is 0.217 e. The molecular weight excluding hydrogens is 322 g/mol. The summed E-state index contributed by atoms with van der Waals surface area (Å²) in [7, 11) is 0. The molecule has 0 saturated carbocycles. The molecule has 1 aromatic carbocycles. The highest BCUT2D eigenvalue weighted by Gasteiger charge is 2.13. The number of amides is 1. The van der Waals surface area contributed by atoms with Crippen LogP contribution in [0.2, 0.25) is 0 Å². The van der Waals surface area contributed by atoms with Crippen LogP contribution in [0.4, 0.5) is 0 Å². The summed E-state index contributed by atoms with van der Waals surface area (Å²) in [4.78, 5) is 29.5. The maximum absolute atomic E-state index is 12.5. The summed E-state index contributed by atoms with van der Waals surface area (Å²) in [6.07, 6.45) is 1.72. The van der Waals surface area contributed by atoms with E-state index in [0.29, 0.717) is 11.4 Å². The number of hydrogen-bond donors (Lipinski definition) is 1. The molecule has 3 aromatic rings. The molecule has 0 aliphatic rings. The third-order valence-electron chi connectivity index (χ3n) is 4.00. The van der Waals surface area contributed by atoms with Crippen LogP contribution in [0, 0.1) is 13.8 Å². The number of ketones is 1. The summed E-state index contributed by atoms with van der Waals surface area (Å²) in [6.45, 7) is 6.31. The van der Waals surface area contributed by atoms with E-state index in [1.54, 1.807) is 6.33 Å². The van der Waals surface area contributed by atoms with Crippen molar-refractivity contribution in [1.29, 1.82) is 0 Å². The van der Waals surface area contributed by atoms with E-state index in [-0.39, 0.29) is 18.2 Å².